The molecule has 4 rings (SSSR count). The van der Waals surface area contributed by atoms with E-state index in [9.17, 15) is 4.39 Å². The van der Waals surface area contributed by atoms with Gasteiger partial charge < -0.3 is 9.09 Å². The fourth-order valence-corrected chi connectivity index (χ4v) is 3.92. The molecule has 2 aromatic heterocycles. The lowest BCUT2D eigenvalue weighted by atomic mass is 10.1. The molecule has 142 valence electrons. The van der Waals surface area contributed by atoms with Crippen LogP contribution < -0.4 is 0 Å². The second-order valence-electron chi connectivity index (χ2n) is 6.56. The molecule has 5 nitrogen and oxygen atoms in total. The Morgan fingerprint density at radius 1 is 1.04 bits per heavy atom. The van der Waals surface area contributed by atoms with Crippen molar-refractivity contribution in [2.24, 2.45) is 7.05 Å². The van der Waals surface area contributed by atoms with E-state index in [2.05, 4.69) is 28.3 Å². The number of thioether (sulfide) groups is 1. The number of aromatic nitrogens is 4. The Kier molecular flexibility index (Phi) is 5.00. The topological polar surface area (TPSA) is 56.7 Å². The molecule has 0 radical (unpaired) electrons. The lowest BCUT2D eigenvalue weighted by molar-refractivity contribution is 0.426. The highest BCUT2D eigenvalue weighted by Crippen LogP contribution is 2.31. The average Bonchev–Trinajstić information content (AvgIpc) is 3.24. The van der Waals surface area contributed by atoms with Crippen LogP contribution in [0.25, 0.3) is 22.7 Å². The molecule has 28 heavy (non-hydrogen) atoms. The maximum atomic E-state index is 13.1. The van der Waals surface area contributed by atoms with E-state index in [1.54, 1.807) is 23.9 Å². The van der Waals surface area contributed by atoms with E-state index in [0.717, 1.165) is 38.9 Å². The van der Waals surface area contributed by atoms with Crippen molar-refractivity contribution in [2.45, 2.75) is 24.8 Å². The summed E-state index contributed by atoms with van der Waals surface area (Å²) in [4.78, 5) is 0. The molecule has 2 heterocycles. The number of rotatable bonds is 5. The molecule has 2 aromatic carbocycles. The van der Waals surface area contributed by atoms with Crippen molar-refractivity contribution < 1.29 is 8.91 Å². The van der Waals surface area contributed by atoms with E-state index in [1.807, 2.05) is 36.7 Å². The second kappa shape index (κ2) is 7.59. The van der Waals surface area contributed by atoms with Gasteiger partial charge in [-0.15, -0.1) is 10.2 Å². The predicted molar refractivity (Wildman–Crippen MR) is 107 cm³/mol. The van der Waals surface area contributed by atoms with Crippen LogP contribution in [0.2, 0.25) is 0 Å². The van der Waals surface area contributed by atoms with Gasteiger partial charge in [-0.1, -0.05) is 41.2 Å². The van der Waals surface area contributed by atoms with Crippen LogP contribution in [0.1, 0.15) is 16.8 Å². The fourth-order valence-electron chi connectivity index (χ4n) is 3.01. The Bertz CT molecular complexity index is 1120. The predicted octanol–water partition coefficient (Wildman–Crippen LogP) is 5.19. The molecule has 4 aromatic rings. The molecule has 0 aliphatic carbocycles. The van der Waals surface area contributed by atoms with Crippen molar-refractivity contribution in [3.63, 3.8) is 0 Å². The van der Waals surface area contributed by atoms with Crippen molar-refractivity contribution in [3.05, 3.63) is 71.2 Å². The Labute approximate surface area is 166 Å². The number of benzene rings is 2. The molecule has 0 saturated heterocycles. The molecule has 0 amide bonds. The van der Waals surface area contributed by atoms with E-state index in [0.29, 0.717) is 11.5 Å². The Morgan fingerprint density at radius 3 is 2.54 bits per heavy atom. The van der Waals surface area contributed by atoms with Gasteiger partial charge in [0, 0.05) is 29.5 Å². The highest BCUT2D eigenvalue weighted by Gasteiger charge is 2.17. The van der Waals surface area contributed by atoms with Crippen molar-refractivity contribution in [3.8, 4) is 22.7 Å². The highest BCUT2D eigenvalue weighted by atomic mass is 32.2. The molecular weight excluding hydrogens is 375 g/mol. The summed E-state index contributed by atoms with van der Waals surface area (Å²) in [6, 6.07) is 14.3. The van der Waals surface area contributed by atoms with Gasteiger partial charge in [0.1, 0.15) is 5.82 Å². The number of hydrogen-bond acceptors (Lipinski definition) is 5. The Morgan fingerprint density at radius 2 is 1.79 bits per heavy atom. The van der Waals surface area contributed by atoms with Crippen LogP contribution in [-0.4, -0.2) is 19.9 Å². The van der Waals surface area contributed by atoms with Crippen LogP contribution in [0.15, 0.2) is 58.2 Å². The van der Waals surface area contributed by atoms with E-state index in [-0.39, 0.29) is 5.82 Å². The van der Waals surface area contributed by atoms with E-state index in [4.69, 9.17) is 4.52 Å². The maximum Gasteiger partial charge on any atom is 0.191 e. The van der Waals surface area contributed by atoms with Gasteiger partial charge >= 0.3 is 0 Å². The van der Waals surface area contributed by atoms with Crippen LogP contribution in [0.4, 0.5) is 4.39 Å². The SMILES string of the molecule is Cc1ccccc1-c1nnc(SCc2noc(-c3ccc(F)cc3)c2C)n1C. The van der Waals surface area contributed by atoms with Gasteiger partial charge in [0.15, 0.2) is 16.7 Å². The number of aryl methyl sites for hydroxylation is 1. The second-order valence-corrected chi connectivity index (χ2v) is 7.50. The van der Waals surface area contributed by atoms with Crippen molar-refractivity contribution in [2.75, 3.05) is 0 Å². The maximum absolute atomic E-state index is 13.1. The largest absolute Gasteiger partial charge is 0.356 e. The van der Waals surface area contributed by atoms with Crippen LogP contribution in [0.5, 0.6) is 0 Å². The quantitative estimate of drug-likeness (QED) is 0.436. The summed E-state index contributed by atoms with van der Waals surface area (Å²) < 4.78 is 20.6. The van der Waals surface area contributed by atoms with E-state index < -0.39 is 0 Å². The van der Waals surface area contributed by atoms with Gasteiger partial charge in [-0.05, 0) is 43.7 Å². The first-order valence-electron chi connectivity index (χ1n) is 8.84. The Balaban J connectivity index is 1.53. The minimum absolute atomic E-state index is 0.275. The zero-order chi connectivity index (χ0) is 19.7. The van der Waals surface area contributed by atoms with Crippen LogP contribution in [0.3, 0.4) is 0 Å². The molecule has 0 unspecified atom stereocenters. The summed E-state index contributed by atoms with van der Waals surface area (Å²) >= 11 is 1.55. The van der Waals surface area contributed by atoms with E-state index in [1.165, 1.54) is 12.1 Å². The third-order valence-electron chi connectivity index (χ3n) is 4.69. The number of nitrogens with zero attached hydrogens (tertiary/aromatic N) is 4. The molecule has 7 heteroatoms. The minimum atomic E-state index is -0.275. The zero-order valence-electron chi connectivity index (χ0n) is 15.8. The zero-order valence-corrected chi connectivity index (χ0v) is 16.6. The smallest absolute Gasteiger partial charge is 0.191 e. The molecule has 0 aliphatic rings. The van der Waals surface area contributed by atoms with Crippen molar-refractivity contribution in [1.29, 1.82) is 0 Å². The highest BCUT2D eigenvalue weighted by molar-refractivity contribution is 7.98. The summed E-state index contributed by atoms with van der Waals surface area (Å²) in [6.45, 7) is 4.02. The average molecular weight is 394 g/mol. The first-order chi connectivity index (χ1) is 13.5. The molecular formula is C21H19FN4OS. The fraction of sp³-hybridized carbons (Fsp3) is 0.190. The minimum Gasteiger partial charge on any atom is -0.356 e. The van der Waals surface area contributed by atoms with Crippen LogP contribution in [-0.2, 0) is 12.8 Å². The summed E-state index contributed by atoms with van der Waals surface area (Å²) in [5, 5.41) is 13.7. The van der Waals surface area contributed by atoms with Gasteiger partial charge in [-0.3, -0.25) is 0 Å². The molecule has 0 saturated carbocycles. The van der Waals surface area contributed by atoms with Crippen LogP contribution >= 0.6 is 11.8 Å². The number of hydrogen-bond donors (Lipinski definition) is 0. The lowest BCUT2D eigenvalue weighted by Crippen LogP contribution is -1.96. The first kappa shape index (κ1) is 18.4. The van der Waals surface area contributed by atoms with Gasteiger partial charge in [0.25, 0.3) is 0 Å². The third-order valence-corrected chi connectivity index (χ3v) is 5.72. The van der Waals surface area contributed by atoms with E-state index >= 15 is 0 Å². The van der Waals surface area contributed by atoms with Gasteiger partial charge in [0.05, 0.1) is 5.69 Å². The summed E-state index contributed by atoms with van der Waals surface area (Å²) in [7, 11) is 1.96. The molecule has 0 atom stereocenters. The number of halogens is 1. The van der Waals surface area contributed by atoms with Gasteiger partial charge in [-0.25, -0.2) is 4.39 Å². The normalized spacial score (nSPS) is 11.1. The molecule has 0 fully saturated rings. The van der Waals surface area contributed by atoms with Crippen LogP contribution in [0, 0.1) is 19.7 Å². The summed E-state index contributed by atoms with van der Waals surface area (Å²) in [5.41, 5.74) is 4.82. The standard InChI is InChI=1S/C21H19FN4OS/c1-13-6-4-5-7-17(13)20-23-24-21(26(20)3)28-12-18-14(2)19(27-25-18)15-8-10-16(22)11-9-15/h4-11H,12H2,1-3H3. The summed E-state index contributed by atoms with van der Waals surface area (Å²) in [6.07, 6.45) is 0. The molecule has 0 N–H and O–H groups in total. The first-order valence-corrected chi connectivity index (χ1v) is 9.82. The Hall–Kier alpha value is -2.93. The lowest BCUT2D eigenvalue weighted by Gasteiger charge is -2.06. The van der Waals surface area contributed by atoms with Gasteiger partial charge in [-0.2, -0.15) is 0 Å². The molecule has 0 spiro atoms. The van der Waals surface area contributed by atoms with Gasteiger partial charge in [0.2, 0.25) is 0 Å². The monoisotopic (exact) mass is 394 g/mol. The molecule has 0 aliphatic heterocycles. The summed E-state index contributed by atoms with van der Waals surface area (Å²) in [5.74, 6) is 1.83. The van der Waals surface area contributed by atoms with Crippen molar-refractivity contribution >= 4 is 11.8 Å². The van der Waals surface area contributed by atoms with Crippen molar-refractivity contribution in [1.82, 2.24) is 19.9 Å². The third kappa shape index (κ3) is 3.45. The molecule has 0 bridgehead atoms.